The number of esters is 1. The zero-order valence-corrected chi connectivity index (χ0v) is 17.3. The zero-order valence-electron chi connectivity index (χ0n) is 17.3. The first-order valence-electron chi connectivity index (χ1n) is 9.72. The van der Waals surface area contributed by atoms with Gasteiger partial charge in [0.15, 0.2) is 0 Å². The molecule has 0 unspecified atom stereocenters. The Balaban J connectivity index is 1.48. The second kappa shape index (κ2) is 9.23. The normalized spacial score (nSPS) is 10.6. The third kappa shape index (κ3) is 4.82. The summed E-state index contributed by atoms with van der Waals surface area (Å²) in [7, 11) is 1.29. The molecule has 166 valence electrons. The van der Waals surface area contributed by atoms with Gasteiger partial charge in [0.2, 0.25) is 11.2 Å². The number of non-ortho nitro benzene ring substituents is 1. The molecule has 0 fully saturated rings. The van der Waals surface area contributed by atoms with Crippen molar-refractivity contribution < 1.29 is 28.3 Å². The van der Waals surface area contributed by atoms with E-state index in [2.05, 4.69) is 4.74 Å². The number of carbonyl (C=O) groups excluding carboxylic acids is 1. The van der Waals surface area contributed by atoms with Gasteiger partial charge in [-0.1, -0.05) is 0 Å². The standard InChI is InChI=1S/C24H17NO8/c1-30-24(27)16-4-8-18(9-5-16)33-22-14-32-21-12-19(10-11-20(21)23(22)26)31-13-15-2-6-17(7-3-15)25(28)29/h2-12,14H,13H2,1H3. The summed E-state index contributed by atoms with van der Waals surface area (Å²) in [6.07, 6.45) is 1.21. The minimum Gasteiger partial charge on any atom is -0.489 e. The number of hydrogen-bond donors (Lipinski definition) is 0. The predicted molar refractivity (Wildman–Crippen MR) is 118 cm³/mol. The number of carbonyl (C=O) groups is 1. The van der Waals surface area contributed by atoms with E-state index in [4.69, 9.17) is 13.9 Å². The van der Waals surface area contributed by atoms with Crippen molar-refractivity contribution in [3.8, 4) is 17.2 Å². The van der Waals surface area contributed by atoms with E-state index in [9.17, 15) is 19.7 Å². The highest BCUT2D eigenvalue weighted by Crippen LogP contribution is 2.25. The van der Waals surface area contributed by atoms with Crippen LogP contribution >= 0.6 is 0 Å². The van der Waals surface area contributed by atoms with Crippen molar-refractivity contribution in [2.45, 2.75) is 6.61 Å². The van der Waals surface area contributed by atoms with E-state index in [1.54, 1.807) is 42.5 Å². The van der Waals surface area contributed by atoms with Gasteiger partial charge in [0.25, 0.3) is 5.69 Å². The van der Waals surface area contributed by atoms with Gasteiger partial charge in [0.05, 0.1) is 23.0 Å². The predicted octanol–water partition coefficient (Wildman–Crippen LogP) is 4.86. The lowest BCUT2D eigenvalue weighted by atomic mass is 10.2. The molecule has 0 bridgehead atoms. The Morgan fingerprint density at radius 2 is 1.70 bits per heavy atom. The number of fused-ring (bicyclic) bond motifs is 1. The van der Waals surface area contributed by atoms with Gasteiger partial charge in [-0.2, -0.15) is 0 Å². The third-order valence-corrected chi connectivity index (χ3v) is 4.77. The number of nitro benzene ring substituents is 1. The fraction of sp³-hybridized carbons (Fsp3) is 0.0833. The smallest absolute Gasteiger partial charge is 0.337 e. The summed E-state index contributed by atoms with van der Waals surface area (Å²) in [5.41, 5.74) is 1.06. The fourth-order valence-electron chi connectivity index (χ4n) is 3.04. The molecule has 3 aromatic carbocycles. The lowest BCUT2D eigenvalue weighted by Gasteiger charge is -2.08. The first-order chi connectivity index (χ1) is 15.9. The van der Waals surface area contributed by atoms with Crippen molar-refractivity contribution in [1.82, 2.24) is 0 Å². The summed E-state index contributed by atoms with van der Waals surface area (Å²) in [5, 5.41) is 11.0. The Bertz CT molecular complexity index is 1370. The first-order valence-corrected chi connectivity index (χ1v) is 9.72. The first kappa shape index (κ1) is 21.6. The Labute approximate surface area is 186 Å². The average Bonchev–Trinajstić information content (AvgIpc) is 2.84. The minimum absolute atomic E-state index is 0.00339. The van der Waals surface area contributed by atoms with Gasteiger partial charge in [0.1, 0.15) is 30.0 Å². The highest BCUT2D eigenvalue weighted by molar-refractivity contribution is 5.89. The molecule has 0 radical (unpaired) electrons. The molecule has 0 amide bonds. The number of nitrogens with zero attached hydrogens (tertiary/aromatic N) is 1. The Morgan fingerprint density at radius 3 is 2.36 bits per heavy atom. The van der Waals surface area contributed by atoms with Crippen molar-refractivity contribution in [2.75, 3.05) is 7.11 Å². The molecule has 9 heteroatoms. The van der Waals surface area contributed by atoms with Gasteiger partial charge < -0.3 is 18.6 Å². The zero-order chi connectivity index (χ0) is 23.4. The van der Waals surface area contributed by atoms with E-state index in [1.807, 2.05) is 0 Å². The maximum atomic E-state index is 12.8. The van der Waals surface area contributed by atoms with Crippen LogP contribution < -0.4 is 14.9 Å². The third-order valence-electron chi connectivity index (χ3n) is 4.77. The molecule has 0 aliphatic carbocycles. The number of benzene rings is 3. The molecule has 0 saturated heterocycles. The molecule has 0 saturated carbocycles. The van der Waals surface area contributed by atoms with E-state index in [-0.39, 0.29) is 23.5 Å². The number of nitro groups is 1. The summed E-state index contributed by atoms with van der Waals surface area (Å²) in [6, 6.07) is 17.0. The van der Waals surface area contributed by atoms with E-state index < -0.39 is 10.9 Å². The highest BCUT2D eigenvalue weighted by Gasteiger charge is 2.12. The number of methoxy groups -OCH3 is 1. The van der Waals surface area contributed by atoms with E-state index in [0.717, 1.165) is 5.56 Å². The topological polar surface area (TPSA) is 118 Å². The van der Waals surface area contributed by atoms with Crippen LogP contribution in [-0.2, 0) is 11.3 Å². The summed E-state index contributed by atoms with van der Waals surface area (Å²) in [4.78, 5) is 34.6. The van der Waals surface area contributed by atoms with Crippen molar-refractivity contribution in [1.29, 1.82) is 0 Å². The molecule has 0 aliphatic heterocycles. The summed E-state index contributed by atoms with van der Waals surface area (Å²) in [5.74, 6) is 0.347. The molecule has 0 aliphatic rings. The molecule has 1 heterocycles. The maximum Gasteiger partial charge on any atom is 0.337 e. The van der Waals surface area contributed by atoms with Crippen LogP contribution in [-0.4, -0.2) is 18.0 Å². The number of ether oxygens (including phenoxy) is 3. The number of hydrogen-bond acceptors (Lipinski definition) is 8. The number of rotatable bonds is 7. The SMILES string of the molecule is COC(=O)c1ccc(Oc2coc3cc(OCc4ccc([N+](=O)[O-])cc4)ccc3c2=O)cc1. The van der Waals surface area contributed by atoms with E-state index in [0.29, 0.717) is 28.0 Å². The lowest BCUT2D eigenvalue weighted by Crippen LogP contribution is -2.05. The summed E-state index contributed by atoms with van der Waals surface area (Å²) >= 11 is 0. The minimum atomic E-state index is -0.474. The molecule has 0 spiro atoms. The van der Waals surface area contributed by atoms with Crippen molar-refractivity contribution in [3.05, 3.63) is 104 Å². The van der Waals surface area contributed by atoms with E-state index in [1.165, 1.54) is 37.6 Å². The molecular formula is C24H17NO8. The fourth-order valence-corrected chi connectivity index (χ4v) is 3.04. The van der Waals surface area contributed by atoms with Crippen LogP contribution in [0.2, 0.25) is 0 Å². The highest BCUT2D eigenvalue weighted by atomic mass is 16.6. The molecule has 9 nitrogen and oxygen atoms in total. The van der Waals surface area contributed by atoms with Gasteiger partial charge in [-0.3, -0.25) is 14.9 Å². The van der Waals surface area contributed by atoms with Crippen LogP contribution in [0.1, 0.15) is 15.9 Å². The van der Waals surface area contributed by atoms with Crippen LogP contribution in [0.15, 0.2) is 82.2 Å². The second-order valence-corrected chi connectivity index (χ2v) is 6.92. The molecule has 4 aromatic rings. The van der Waals surface area contributed by atoms with Crippen LogP contribution in [0.5, 0.6) is 17.2 Å². The second-order valence-electron chi connectivity index (χ2n) is 6.92. The van der Waals surface area contributed by atoms with Gasteiger partial charge >= 0.3 is 5.97 Å². The summed E-state index contributed by atoms with van der Waals surface area (Å²) in [6.45, 7) is 0.191. The maximum absolute atomic E-state index is 12.8. The molecule has 0 atom stereocenters. The largest absolute Gasteiger partial charge is 0.489 e. The molecule has 33 heavy (non-hydrogen) atoms. The van der Waals surface area contributed by atoms with Crippen molar-refractivity contribution in [3.63, 3.8) is 0 Å². The molecule has 4 rings (SSSR count). The molecular weight excluding hydrogens is 430 g/mol. The average molecular weight is 447 g/mol. The lowest BCUT2D eigenvalue weighted by molar-refractivity contribution is -0.384. The van der Waals surface area contributed by atoms with Gasteiger partial charge in [-0.15, -0.1) is 0 Å². The Hall–Kier alpha value is -4.66. The van der Waals surface area contributed by atoms with Crippen molar-refractivity contribution in [2.24, 2.45) is 0 Å². The molecule has 1 aromatic heterocycles. The van der Waals surface area contributed by atoms with Gasteiger partial charge in [0, 0.05) is 18.2 Å². The van der Waals surface area contributed by atoms with Gasteiger partial charge in [-0.05, 0) is 54.1 Å². The van der Waals surface area contributed by atoms with Crippen LogP contribution in [0.25, 0.3) is 11.0 Å². The molecule has 0 N–H and O–H groups in total. The quantitative estimate of drug-likeness (QED) is 0.224. The van der Waals surface area contributed by atoms with Gasteiger partial charge in [-0.25, -0.2) is 4.79 Å². The van der Waals surface area contributed by atoms with Crippen LogP contribution in [0.3, 0.4) is 0 Å². The Morgan fingerprint density at radius 1 is 1.00 bits per heavy atom. The summed E-state index contributed by atoms with van der Waals surface area (Å²) < 4.78 is 21.5. The van der Waals surface area contributed by atoms with Crippen LogP contribution in [0.4, 0.5) is 5.69 Å². The monoisotopic (exact) mass is 447 g/mol. The Kier molecular flexibility index (Phi) is 6.03. The van der Waals surface area contributed by atoms with Crippen LogP contribution in [0, 0.1) is 10.1 Å². The van der Waals surface area contributed by atoms with E-state index >= 15 is 0 Å². The van der Waals surface area contributed by atoms with Crippen molar-refractivity contribution >= 4 is 22.6 Å².